The molecule has 1 fully saturated rings. The van der Waals surface area contributed by atoms with Crippen LogP contribution in [-0.4, -0.2) is 62.6 Å². The quantitative estimate of drug-likeness (QED) is 0.281. The van der Waals surface area contributed by atoms with Gasteiger partial charge in [0.15, 0.2) is 11.0 Å². The molecule has 10 nitrogen and oxygen atoms in total. The van der Waals surface area contributed by atoms with Crippen molar-refractivity contribution in [2.75, 3.05) is 37.4 Å². The molecule has 0 unspecified atom stereocenters. The molecular weight excluding hydrogens is 480 g/mol. The molecule has 0 atom stereocenters. The van der Waals surface area contributed by atoms with Gasteiger partial charge in [-0.15, -0.1) is 10.2 Å². The van der Waals surface area contributed by atoms with Crippen LogP contribution in [0.3, 0.4) is 0 Å². The summed E-state index contributed by atoms with van der Waals surface area (Å²) in [5.41, 5.74) is 1.70. The van der Waals surface area contributed by atoms with Crippen molar-refractivity contribution in [1.82, 2.24) is 19.7 Å². The van der Waals surface area contributed by atoms with E-state index in [2.05, 4.69) is 20.4 Å². The van der Waals surface area contributed by atoms with Crippen molar-refractivity contribution < 1.29 is 14.5 Å². The molecule has 1 saturated heterocycles. The van der Waals surface area contributed by atoms with Crippen LogP contribution in [0, 0.1) is 17.0 Å². The molecule has 34 heavy (non-hydrogen) atoms. The van der Waals surface area contributed by atoms with Gasteiger partial charge in [0.1, 0.15) is 0 Å². The Morgan fingerprint density at radius 3 is 2.65 bits per heavy atom. The minimum absolute atomic E-state index is 0.0410. The van der Waals surface area contributed by atoms with E-state index in [0.29, 0.717) is 41.2 Å². The van der Waals surface area contributed by atoms with Gasteiger partial charge in [-0.3, -0.25) is 24.4 Å². The second-order valence-corrected chi connectivity index (χ2v) is 9.07. The first kappa shape index (κ1) is 24.1. The maximum absolute atomic E-state index is 12.6. The van der Waals surface area contributed by atoms with Crippen LogP contribution >= 0.6 is 23.4 Å². The highest BCUT2D eigenvalue weighted by Crippen LogP contribution is 2.26. The number of thioether (sulfide) groups is 1. The number of aromatic nitrogens is 3. The molecule has 12 heteroatoms. The molecule has 1 amide bonds. The Morgan fingerprint density at radius 2 is 1.94 bits per heavy atom. The number of morpholine rings is 1. The molecule has 0 bridgehead atoms. The number of aryl methyl sites for hydroxylation is 1. The molecule has 2 aromatic carbocycles. The van der Waals surface area contributed by atoms with Crippen molar-refractivity contribution in [3.05, 3.63) is 69.0 Å². The fourth-order valence-electron chi connectivity index (χ4n) is 3.52. The molecule has 178 valence electrons. The van der Waals surface area contributed by atoms with Crippen LogP contribution in [0.25, 0.3) is 5.69 Å². The lowest BCUT2D eigenvalue weighted by Crippen LogP contribution is -2.36. The van der Waals surface area contributed by atoms with E-state index in [4.69, 9.17) is 16.3 Å². The Bertz CT molecular complexity index is 1180. The molecule has 1 N–H and O–H groups in total. The van der Waals surface area contributed by atoms with Crippen LogP contribution in [0.1, 0.15) is 11.4 Å². The van der Waals surface area contributed by atoms with E-state index in [-0.39, 0.29) is 17.3 Å². The van der Waals surface area contributed by atoms with Crippen LogP contribution in [-0.2, 0) is 16.1 Å². The summed E-state index contributed by atoms with van der Waals surface area (Å²) in [4.78, 5) is 25.5. The fraction of sp³-hybridized carbons (Fsp3) is 0.318. The standard InChI is InChI=1S/C22H23ClN6O4S/c1-15-2-5-17(12-19(15)29(31)32)24-21(30)14-34-22-26-25-20(13-27-8-10-33-11-9-27)28(22)18-6-3-16(23)4-7-18/h2-7,12H,8-11,13-14H2,1H3,(H,24,30). The zero-order valence-corrected chi connectivity index (χ0v) is 20.0. The third-order valence-corrected chi connectivity index (χ3v) is 6.46. The lowest BCUT2D eigenvalue weighted by molar-refractivity contribution is -0.385. The Kier molecular flexibility index (Phi) is 7.78. The number of nitro groups is 1. The summed E-state index contributed by atoms with van der Waals surface area (Å²) in [6, 6.07) is 11.9. The van der Waals surface area contributed by atoms with Crippen LogP contribution in [0.15, 0.2) is 47.6 Å². The largest absolute Gasteiger partial charge is 0.379 e. The number of nitrogens with one attached hydrogen (secondary N) is 1. The van der Waals surface area contributed by atoms with Gasteiger partial charge in [-0.05, 0) is 37.3 Å². The van der Waals surface area contributed by atoms with E-state index < -0.39 is 4.92 Å². The maximum atomic E-state index is 12.6. The van der Waals surface area contributed by atoms with E-state index in [1.807, 2.05) is 16.7 Å². The van der Waals surface area contributed by atoms with E-state index in [1.165, 1.54) is 17.8 Å². The Morgan fingerprint density at radius 1 is 1.21 bits per heavy atom. The third kappa shape index (κ3) is 5.92. The Hall–Kier alpha value is -2.99. The van der Waals surface area contributed by atoms with E-state index in [1.54, 1.807) is 31.2 Å². The molecule has 0 radical (unpaired) electrons. The number of amides is 1. The van der Waals surface area contributed by atoms with Gasteiger partial charge in [0.2, 0.25) is 5.91 Å². The number of hydrogen-bond acceptors (Lipinski definition) is 8. The Balaban J connectivity index is 1.49. The summed E-state index contributed by atoms with van der Waals surface area (Å²) in [5.74, 6) is 0.509. The minimum atomic E-state index is -0.468. The first-order valence-electron chi connectivity index (χ1n) is 10.6. The molecule has 1 aromatic heterocycles. The van der Waals surface area contributed by atoms with Crippen LogP contribution < -0.4 is 5.32 Å². The van der Waals surface area contributed by atoms with Gasteiger partial charge in [-0.2, -0.15) is 0 Å². The van der Waals surface area contributed by atoms with Gasteiger partial charge in [0, 0.05) is 41.1 Å². The number of benzene rings is 2. The summed E-state index contributed by atoms with van der Waals surface area (Å²) < 4.78 is 7.34. The molecule has 0 aliphatic carbocycles. The highest BCUT2D eigenvalue weighted by atomic mass is 35.5. The monoisotopic (exact) mass is 502 g/mol. The summed E-state index contributed by atoms with van der Waals surface area (Å²) in [7, 11) is 0. The predicted octanol–water partition coefficient (Wildman–Crippen LogP) is 3.70. The molecule has 0 spiro atoms. The lowest BCUT2D eigenvalue weighted by Gasteiger charge is -2.26. The van der Waals surface area contributed by atoms with Crippen molar-refractivity contribution in [2.24, 2.45) is 0 Å². The number of nitro benzene ring substituents is 1. The zero-order valence-electron chi connectivity index (χ0n) is 18.4. The van der Waals surface area contributed by atoms with Gasteiger partial charge in [-0.25, -0.2) is 0 Å². The predicted molar refractivity (Wildman–Crippen MR) is 130 cm³/mol. The summed E-state index contributed by atoms with van der Waals surface area (Å²) in [6.45, 7) is 5.21. The summed E-state index contributed by atoms with van der Waals surface area (Å²) in [5, 5.41) is 23.8. The first-order valence-corrected chi connectivity index (χ1v) is 11.9. The van der Waals surface area contributed by atoms with Gasteiger partial charge in [0.05, 0.1) is 30.4 Å². The van der Waals surface area contributed by atoms with Gasteiger partial charge < -0.3 is 10.1 Å². The number of ether oxygens (including phenoxy) is 1. The van der Waals surface area contributed by atoms with E-state index in [0.717, 1.165) is 24.6 Å². The molecule has 1 aliphatic rings. The second kappa shape index (κ2) is 11.0. The number of rotatable bonds is 8. The van der Waals surface area contributed by atoms with Crippen molar-refractivity contribution in [2.45, 2.75) is 18.6 Å². The topological polar surface area (TPSA) is 115 Å². The highest BCUT2D eigenvalue weighted by Gasteiger charge is 2.20. The first-order chi connectivity index (χ1) is 16.4. The van der Waals surface area contributed by atoms with E-state index >= 15 is 0 Å². The van der Waals surface area contributed by atoms with Crippen molar-refractivity contribution >= 4 is 40.6 Å². The molecule has 4 rings (SSSR count). The average molecular weight is 503 g/mol. The molecule has 1 aliphatic heterocycles. The molecule has 0 saturated carbocycles. The number of carbonyl (C=O) groups excluding carboxylic acids is 1. The van der Waals surface area contributed by atoms with Crippen LogP contribution in [0.4, 0.5) is 11.4 Å². The number of nitrogens with zero attached hydrogens (tertiary/aromatic N) is 5. The summed E-state index contributed by atoms with van der Waals surface area (Å²) in [6.07, 6.45) is 0. The Labute approximate surface area is 205 Å². The molecular formula is C22H23ClN6O4S. The minimum Gasteiger partial charge on any atom is -0.379 e. The van der Waals surface area contributed by atoms with Crippen molar-refractivity contribution in [3.63, 3.8) is 0 Å². The average Bonchev–Trinajstić information content (AvgIpc) is 3.22. The van der Waals surface area contributed by atoms with Gasteiger partial charge in [0.25, 0.3) is 5.69 Å². The third-order valence-electron chi connectivity index (χ3n) is 5.28. The molecule has 3 aromatic rings. The zero-order chi connectivity index (χ0) is 24.1. The van der Waals surface area contributed by atoms with Crippen molar-refractivity contribution in [3.8, 4) is 5.69 Å². The van der Waals surface area contributed by atoms with Gasteiger partial charge >= 0.3 is 0 Å². The second-order valence-electron chi connectivity index (χ2n) is 7.69. The number of carbonyl (C=O) groups is 1. The highest BCUT2D eigenvalue weighted by molar-refractivity contribution is 7.99. The number of halogens is 1. The van der Waals surface area contributed by atoms with Crippen LogP contribution in [0.2, 0.25) is 5.02 Å². The van der Waals surface area contributed by atoms with E-state index in [9.17, 15) is 14.9 Å². The SMILES string of the molecule is Cc1ccc(NC(=O)CSc2nnc(CN3CCOCC3)n2-c2ccc(Cl)cc2)cc1[N+](=O)[O-]. The number of anilines is 1. The number of hydrogen-bond donors (Lipinski definition) is 1. The lowest BCUT2D eigenvalue weighted by atomic mass is 10.2. The van der Waals surface area contributed by atoms with Crippen LogP contribution in [0.5, 0.6) is 0 Å². The smallest absolute Gasteiger partial charge is 0.274 e. The summed E-state index contributed by atoms with van der Waals surface area (Å²) >= 11 is 7.30. The maximum Gasteiger partial charge on any atom is 0.274 e. The van der Waals surface area contributed by atoms with Crippen molar-refractivity contribution in [1.29, 1.82) is 0 Å². The molecule has 2 heterocycles. The normalized spacial score (nSPS) is 14.2. The van der Waals surface area contributed by atoms with Gasteiger partial charge in [-0.1, -0.05) is 29.4 Å². The fourth-order valence-corrected chi connectivity index (χ4v) is 4.41.